The van der Waals surface area contributed by atoms with Crippen LogP contribution in [0.4, 0.5) is 0 Å². The highest BCUT2D eigenvalue weighted by atomic mass is 16.7. The van der Waals surface area contributed by atoms with Crippen molar-refractivity contribution in [2.24, 2.45) is 29.6 Å². The topological polar surface area (TPSA) is 244 Å². The second-order valence-corrected chi connectivity index (χ2v) is 20.2. The summed E-state index contributed by atoms with van der Waals surface area (Å²) in [5.74, 6) is -5.51. The lowest BCUT2D eigenvalue weighted by Crippen LogP contribution is -2.59. The zero-order chi connectivity index (χ0) is 46.7. The van der Waals surface area contributed by atoms with Gasteiger partial charge in [0.15, 0.2) is 17.9 Å². The van der Waals surface area contributed by atoms with E-state index in [0.717, 1.165) is 18.6 Å². The van der Waals surface area contributed by atoms with Gasteiger partial charge in [0.1, 0.15) is 30.0 Å². The maximum Gasteiger partial charge on any atom is 0.330 e. The first kappa shape index (κ1) is 52.4. The molecule has 3 unspecified atom stereocenters. The Kier molecular flexibility index (Phi) is 17.9. The molecule has 5 heterocycles. The van der Waals surface area contributed by atoms with Crippen molar-refractivity contribution < 1.29 is 78.8 Å². The molecule has 5 aliphatic rings. The number of carbonyl (C=O) groups is 1. The van der Waals surface area contributed by atoms with Crippen molar-refractivity contribution in [2.75, 3.05) is 13.7 Å². The maximum atomic E-state index is 13.7. The van der Waals surface area contributed by atoms with Crippen LogP contribution in [0.1, 0.15) is 126 Å². The van der Waals surface area contributed by atoms with Crippen molar-refractivity contribution in [1.29, 1.82) is 0 Å². The zero-order valence-corrected chi connectivity index (χ0v) is 39.0. The van der Waals surface area contributed by atoms with Crippen LogP contribution in [0.2, 0.25) is 0 Å². The zero-order valence-electron chi connectivity index (χ0n) is 39.0. The van der Waals surface area contributed by atoms with Gasteiger partial charge in [0.2, 0.25) is 0 Å². The minimum absolute atomic E-state index is 0.0294. The first-order valence-electron chi connectivity index (χ1n) is 23.4. The van der Waals surface area contributed by atoms with E-state index in [0.29, 0.717) is 45.1 Å². The molecule has 16 nitrogen and oxygen atoms in total. The van der Waals surface area contributed by atoms with Crippen LogP contribution >= 0.6 is 0 Å². The minimum atomic E-state index is -2.13. The van der Waals surface area contributed by atoms with Gasteiger partial charge in [-0.25, -0.2) is 4.79 Å². The van der Waals surface area contributed by atoms with Gasteiger partial charge in [-0.2, -0.15) is 0 Å². The summed E-state index contributed by atoms with van der Waals surface area (Å²) in [5.41, 5.74) is -3.97. The largest absolute Gasteiger partial charge is 0.459 e. The van der Waals surface area contributed by atoms with E-state index in [-0.39, 0.29) is 43.6 Å². The Bertz CT molecular complexity index is 1520. The summed E-state index contributed by atoms with van der Waals surface area (Å²) in [5, 5.41) is 92.3. The van der Waals surface area contributed by atoms with E-state index in [2.05, 4.69) is 6.92 Å². The van der Waals surface area contributed by atoms with Gasteiger partial charge in [0.05, 0.1) is 54.9 Å². The fraction of sp³-hybridized carbons (Fsp3) is 0.894. The number of aliphatic hydroxyl groups excluding tert-OH is 5. The summed E-state index contributed by atoms with van der Waals surface area (Å²) in [6.07, 6.45) is -2.72. The molecule has 0 aromatic rings. The van der Waals surface area contributed by atoms with Crippen LogP contribution in [-0.2, 0) is 38.0 Å². The fourth-order valence-corrected chi connectivity index (χ4v) is 10.1. The summed E-state index contributed by atoms with van der Waals surface area (Å²) in [7, 11) is 1.43. The van der Waals surface area contributed by atoms with Gasteiger partial charge in [-0.1, -0.05) is 46.8 Å². The highest BCUT2D eigenvalue weighted by molar-refractivity contribution is 5.82. The van der Waals surface area contributed by atoms with Gasteiger partial charge >= 0.3 is 5.97 Å². The Morgan fingerprint density at radius 2 is 1.62 bits per heavy atom. The van der Waals surface area contributed by atoms with Gasteiger partial charge in [0.25, 0.3) is 0 Å². The Balaban J connectivity index is 1.49. The van der Waals surface area contributed by atoms with Crippen molar-refractivity contribution in [2.45, 2.75) is 222 Å². The van der Waals surface area contributed by atoms with Crippen LogP contribution in [0, 0.1) is 29.6 Å². The number of fused-ring (bicyclic) bond motifs is 3. The van der Waals surface area contributed by atoms with Gasteiger partial charge in [0, 0.05) is 56.6 Å². The Morgan fingerprint density at radius 1 is 0.905 bits per heavy atom. The summed E-state index contributed by atoms with van der Waals surface area (Å²) in [6.45, 7) is 14.0. The van der Waals surface area contributed by atoms with Gasteiger partial charge in [-0.15, -0.1) is 0 Å². The van der Waals surface area contributed by atoms with Crippen molar-refractivity contribution in [3.05, 3.63) is 24.3 Å². The molecule has 0 saturated carbocycles. The molecule has 4 fully saturated rings. The van der Waals surface area contributed by atoms with E-state index in [1.54, 1.807) is 6.92 Å². The predicted molar refractivity (Wildman–Crippen MR) is 229 cm³/mol. The second kappa shape index (κ2) is 21.6. The number of esters is 1. The number of ether oxygens (including phenoxy) is 7. The molecule has 5 rings (SSSR count). The van der Waals surface area contributed by atoms with E-state index in [1.165, 1.54) is 27.9 Å². The summed E-state index contributed by atoms with van der Waals surface area (Å²) < 4.78 is 43.6. The number of allylic oxidation sites excluding steroid dienone is 1. The van der Waals surface area contributed by atoms with Crippen molar-refractivity contribution >= 4 is 5.97 Å². The molecule has 0 aromatic heterocycles. The molecule has 2 bridgehead atoms. The van der Waals surface area contributed by atoms with E-state index in [4.69, 9.17) is 33.2 Å². The molecule has 0 aliphatic carbocycles. The molecule has 0 aromatic carbocycles. The lowest BCUT2D eigenvalue weighted by molar-refractivity contribution is -0.362. The van der Waals surface area contributed by atoms with E-state index >= 15 is 0 Å². The Morgan fingerprint density at radius 3 is 2.30 bits per heavy atom. The molecule has 63 heavy (non-hydrogen) atoms. The van der Waals surface area contributed by atoms with Gasteiger partial charge in [-0.3, -0.25) is 0 Å². The van der Waals surface area contributed by atoms with E-state index < -0.39 is 114 Å². The third kappa shape index (κ3) is 12.7. The quantitative estimate of drug-likeness (QED) is 0.141. The number of rotatable bonds is 6. The van der Waals surface area contributed by atoms with E-state index in [9.17, 15) is 45.6 Å². The molecule has 4 saturated heterocycles. The summed E-state index contributed by atoms with van der Waals surface area (Å²) >= 11 is 0. The van der Waals surface area contributed by atoms with Crippen molar-refractivity contribution in [3.8, 4) is 0 Å². The molecule has 364 valence electrons. The molecule has 8 N–H and O–H groups in total. The lowest BCUT2D eigenvalue weighted by atomic mass is 9.77. The molecule has 0 radical (unpaired) electrons. The van der Waals surface area contributed by atoms with Crippen molar-refractivity contribution in [1.82, 2.24) is 0 Å². The summed E-state index contributed by atoms with van der Waals surface area (Å²) in [6, 6.07) is 0. The first-order valence-corrected chi connectivity index (χ1v) is 23.4. The molecular formula is C47H80O16. The highest BCUT2D eigenvalue weighted by Crippen LogP contribution is 2.48. The molecule has 1 spiro atoms. The van der Waals surface area contributed by atoms with Crippen molar-refractivity contribution in [3.63, 3.8) is 0 Å². The van der Waals surface area contributed by atoms with Crippen LogP contribution in [0.25, 0.3) is 0 Å². The standard InChI is InChI=1S/C47H80O16/c1-10-32(48)21-33-27(3)15-19-46(62-33)23-35-28(4)36(63-46)24-47(56)31(20-26(2)25-58-47)14-12-11-13-17-44(7,54)43(53)41(61-38-22-34(57-9)40(51)30(6)59-38)39(50)29(5)42(52)45(8,55)18-16-37(49)60-35/h12,14,16,18,26-36,38-43,48,50-56H,10-11,13,15,17,19-25H2,1-9H3/b14-12+,18-16+/t26-,27+,28-,29+,30-,31?,32-,33+,34+,35?,36?,38+,39-,40-,41-,42+,43-,44-,45-,46-,47+/m1/s1. The second-order valence-electron chi connectivity index (χ2n) is 20.2. The van der Waals surface area contributed by atoms with Crippen LogP contribution in [-0.4, -0.2) is 157 Å². The van der Waals surface area contributed by atoms with Crippen LogP contribution in [0.3, 0.4) is 0 Å². The number of carbonyl (C=O) groups excluding carboxylic acids is 1. The van der Waals surface area contributed by atoms with E-state index in [1.807, 2.05) is 32.9 Å². The highest BCUT2D eigenvalue weighted by Gasteiger charge is 2.55. The minimum Gasteiger partial charge on any atom is -0.459 e. The normalized spacial score (nSPS) is 50.3. The average Bonchev–Trinajstić information content (AvgIpc) is 3.23. The van der Waals surface area contributed by atoms with Gasteiger partial charge in [-0.05, 0) is 83.6 Å². The molecule has 21 atom stereocenters. The predicted octanol–water partition coefficient (Wildman–Crippen LogP) is 3.16. The molecule has 16 heteroatoms. The number of methoxy groups -OCH3 is 1. The lowest BCUT2D eigenvalue weighted by Gasteiger charge is -2.53. The third-order valence-electron chi connectivity index (χ3n) is 14.8. The summed E-state index contributed by atoms with van der Waals surface area (Å²) in [4.78, 5) is 13.7. The van der Waals surface area contributed by atoms with Gasteiger partial charge < -0.3 is 74.0 Å². The average molecular weight is 901 g/mol. The fourth-order valence-electron chi connectivity index (χ4n) is 10.1. The number of aliphatic hydroxyl groups is 8. The first-order chi connectivity index (χ1) is 29.4. The SMILES string of the molecule is CC[C@@H](O)C[C@@H]1O[C@@]2(CC[C@@H]1C)CC1OC(=O)/C=C/[C@@](C)(O)[C@@H](O)[C@@H](C)[C@@H](O)[C@@H](O[C@H]3C[C@H](OC)[C@H](O)[C@@H](C)O3)[C@@H](O)[C@](C)(O)CCC/C=C/C3C[C@@H](C)CO[C@@]3(O)CC(O2)[C@@H]1C. The van der Waals surface area contributed by atoms with Crippen LogP contribution in [0.5, 0.6) is 0 Å². The smallest absolute Gasteiger partial charge is 0.330 e. The Labute approximate surface area is 373 Å². The maximum absolute atomic E-state index is 13.7. The monoisotopic (exact) mass is 901 g/mol. The molecule has 5 aliphatic heterocycles. The number of hydrogen-bond donors (Lipinski definition) is 8. The third-order valence-corrected chi connectivity index (χ3v) is 14.8. The Hall–Kier alpha value is -1.61. The van der Waals surface area contributed by atoms with Crippen LogP contribution < -0.4 is 0 Å². The van der Waals surface area contributed by atoms with Crippen LogP contribution in [0.15, 0.2) is 24.3 Å². The molecular weight excluding hydrogens is 821 g/mol. The number of hydrogen-bond acceptors (Lipinski definition) is 16. The molecule has 0 amide bonds.